The third-order valence-electron chi connectivity index (χ3n) is 3.41. The molecule has 3 aromatic rings. The van der Waals surface area contributed by atoms with Crippen LogP contribution >= 0.6 is 0 Å². The Hall–Kier alpha value is -2.95. The van der Waals surface area contributed by atoms with Crippen molar-refractivity contribution in [3.05, 3.63) is 59.8 Å². The van der Waals surface area contributed by atoms with Crippen LogP contribution in [0.2, 0.25) is 0 Å². The minimum absolute atomic E-state index is 0.359. The maximum Gasteiger partial charge on any atom is 0.265 e. The molecule has 3 N–H and O–H groups in total. The van der Waals surface area contributed by atoms with Gasteiger partial charge in [-0.05, 0) is 17.7 Å². The molecule has 22 heavy (non-hydrogen) atoms. The smallest absolute Gasteiger partial charge is 0.265 e. The summed E-state index contributed by atoms with van der Waals surface area (Å²) in [5.41, 5.74) is 7.49. The summed E-state index contributed by atoms with van der Waals surface area (Å²) in [6, 6.07) is 15.2. The molecular weight excluding hydrogens is 280 g/mol. The van der Waals surface area contributed by atoms with Gasteiger partial charge in [0.05, 0.1) is 7.11 Å². The molecule has 3 rings (SSSR count). The van der Waals surface area contributed by atoms with Crippen molar-refractivity contribution in [3.8, 4) is 11.5 Å². The Kier molecular flexibility index (Phi) is 3.70. The van der Waals surface area contributed by atoms with Crippen molar-refractivity contribution >= 4 is 16.8 Å². The van der Waals surface area contributed by atoms with Gasteiger partial charge in [-0.15, -0.1) is 0 Å². The number of hydrogen-bond donors (Lipinski definition) is 2. The van der Waals surface area contributed by atoms with Gasteiger partial charge in [-0.25, -0.2) is 0 Å². The molecule has 1 amide bonds. The van der Waals surface area contributed by atoms with E-state index in [0.717, 1.165) is 16.5 Å². The lowest BCUT2D eigenvalue weighted by molar-refractivity contribution is 0.0996. The van der Waals surface area contributed by atoms with E-state index in [4.69, 9.17) is 15.2 Å². The normalized spacial score (nSPS) is 10.6. The van der Waals surface area contributed by atoms with Gasteiger partial charge in [0.15, 0.2) is 11.5 Å². The number of ether oxygens (including phenoxy) is 2. The third kappa shape index (κ3) is 2.74. The van der Waals surface area contributed by atoms with Crippen LogP contribution in [0.3, 0.4) is 0 Å². The number of fused-ring (bicyclic) bond motifs is 1. The van der Waals surface area contributed by atoms with E-state index in [1.807, 2.05) is 42.5 Å². The molecule has 5 nitrogen and oxygen atoms in total. The Bertz CT molecular complexity index is 809. The molecule has 5 heteroatoms. The lowest BCUT2D eigenvalue weighted by Gasteiger charge is -2.11. The second-order valence-electron chi connectivity index (χ2n) is 4.91. The molecule has 0 aliphatic heterocycles. The molecule has 1 aromatic heterocycles. The first-order valence-electron chi connectivity index (χ1n) is 6.84. The largest absolute Gasteiger partial charge is 0.493 e. The Morgan fingerprint density at radius 1 is 1.14 bits per heavy atom. The topological polar surface area (TPSA) is 77.3 Å². The Labute approximate surface area is 127 Å². The lowest BCUT2D eigenvalue weighted by atomic mass is 10.2. The number of carbonyl (C=O) groups is 1. The molecule has 0 atom stereocenters. The number of aromatic amines is 1. The monoisotopic (exact) mass is 296 g/mol. The first-order chi connectivity index (χ1) is 10.7. The minimum atomic E-state index is -0.498. The van der Waals surface area contributed by atoms with Gasteiger partial charge in [0.2, 0.25) is 0 Å². The highest BCUT2D eigenvalue weighted by atomic mass is 16.5. The number of nitrogens with one attached hydrogen (secondary N) is 1. The summed E-state index contributed by atoms with van der Waals surface area (Å²) in [4.78, 5) is 14.2. The first-order valence-corrected chi connectivity index (χ1v) is 6.84. The van der Waals surface area contributed by atoms with E-state index in [0.29, 0.717) is 23.8 Å². The van der Waals surface area contributed by atoms with Crippen LogP contribution in [-0.2, 0) is 6.61 Å². The highest BCUT2D eigenvalue weighted by Crippen LogP contribution is 2.33. The number of primary amides is 1. The van der Waals surface area contributed by atoms with Gasteiger partial charge in [0.25, 0.3) is 5.91 Å². The summed E-state index contributed by atoms with van der Waals surface area (Å²) in [7, 11) is 1.58. The van der Waals surface area contributed by atoms with E-state index in [2.05, 4.69) is 4.98 Å². The van der Waals surface area contributed by atoms with Crippen molar-refractivity contribution in [2.24, 2.45) is 5.73 Å². The number of methoxy groups -OCH3 is 1. The third-order valence-corrected chi connectivity index (χ3v) is 3.41. The van der Waals surface area contributed by atoms with Crippen molar-refractivity contribution in [1.82, 2.24) is 4.98 Å². The first kappa shape index (κ1) is 14.0. The van der Waals surface area contributed by atoms with E-state index in [1.165, 1.54) is 0 Å². The van der Waals surface area contributed by atoms with Gasteiger partial charge in [0.1, 0.15) is 12.3 Å². The second kappa shape index (κ2) is 5.81. The van der Waals surface area contributed by atoms with Gasteiger partial charge in [-0.3, -0.25) is 4.79 Å². The average Bonchev–Trinajstić information content (AvgIpc) is 2.96. The van der Waals surface area contributed by atoms with Crippen LogP contribution < -0.4 is 15.2 Å². The van der Waals surface area contributed by atoms with Gasteiger partial charge < -0.3 is 20.2 Å². The summed E-state index contributed by atoms with van der Waals surface area (Å²) < 4.78 is 11.2. The van der Waals surface area contributed by atoms with Gasteiger partial charge in [0, 0.05) is 17.0 Å². The molecule has 0 bridgehead atoms. The Morgan fingerprint density at radius 2 is 1.91 bits per heavy atom. The molecule has 0 spiro atoms. The molecule has 0 aliphatic rings. The molecule has 0 unspecified atom stereocenters. The molecule has 0 aliphatic carbocycles. The zero-order valence-corrected chi connectivity index (χ0v) is 12.1. The second-order valence-corrected chi connectivity index (χ2v) is 4.91. The molecule has 0 radical (unpaired) electrons. The Balaban J connectivity index is 1.92. The molecule has 0 saturated carbocycles. The molecule has 0 fully saturated rings. The van der Waals surface area contributed by atoms with Crippen LogP contribution in [0.1, 0.15) is 16.1 Å². The number of amides is 1. The number of nitrogens with two attached hydrogens (primary N) is 1. The highest BCUT2D eigenvalue weighted by Gasteiger charge is 2.11. The van der Waals surface area contributed by atoms with Crippen LogP contribution in [0.4, 0.5) is 0 Å². The van der Waals surface area contributed by atoms with Crippen molar-refractivity contribution < 1.29 is 14.3 Å². The fraction of sp³-hybridized carbons (Fsp3) is 0.118. The summed E-state index contributed by atoms with van der Waals surface area (Å²) in [6.45, 7) is 0.437. The number of hydrogen-bond acceptors (Lipinski definition) is 3. The van der Waals surface area contributed by atoms with E-state index >= 15 is 0 Å². The summed E-state index contributed by atoms with van der Waals surface area (Å²) in [5, 5.41) is 0.845. The maximum atomic E-state index is 11.2. The van der Waals surface area contributed by atoms with Crippen LogP contribution in [0.15, 0.2) is 48.5 Å². The molecule has 0 saturated heterocycles. The van der Waals surface area contributed by atoms with Crippen molar-refractivity contribution in [3.63, 3.8) is 0 Å². The summed E-state index contributed by atoms with van der Waals surface area (Å²) >= 11 is 0. The number of aromatic nitrogens is 1. The van der Waals surface area contributed by atoms with Gasteiger partial charge in [-0.2, -0.15) is 0 Å². The van der Waals surface area contributed by atoms with Crippen LogP contribution in [0.5, 0.6) is 11.5 Å². The van der Waals surface area contributed by atoms with Crippen molar-refractivity contribution in [1.29, 1.82) is 0 Å². The zero-order valence-electron chi connectivity index (χ0n) is 12.1. The van der Waals surface area contributed by atoms with E-state index in [1.54, 1.807) is 13.2 Å². The van der Waals surface area contributed by atoms with E-state index < -0.39 is 5.91 Å². The van der Waals surface area contributed by atoms with Gasteiger partial charge in [-0.1, -0.05) is 30.3 Å². The lowest BCUT2D eigenvalue weighted by Crippen LogP contribution is -2.10. The summed E-state index contributed by atoms with van der Waals surface area (Å²) in [5.74, 6) is 0.720. The standard InChI is InChI=1S/C17H16N2O3/c1-21-15-8-12-7-14(17(18)20)19-13(12)9-16(15)22-10-11-5-3-2-4-6-11/h2-9,19H,10H2,1H3,(H2,18,20). The molecular formula is C17H16N2O3. The van der Waals surface area contributed by atoms with E-state index in [-0.39, 0.29) is 0 Å². The van der Waals surface area contributed by atoms with Crippen molar-refractivity contribution in [2.75, 3.05) is 7.11 Å². The van der Waals surface area contributed by atoms with Crippen molar-refractivity contribution in [2.45, 2.75) is 6.61 Å². The SMILES string of the molecule is COc1cc2cc(C(N)=O)[nH]c2cc1OCc1ccccc1. The zero-order chi connectivity index (χ0) is 15.5. The fourth-order valence-corrected chi connectivity index (χ4v) is 2.28. The van der Waals surface area contributed by atoms with Gasteiger partial charge >= 0.3 is 0 Å². The molecule has 2 aromatic carbocycles. The Morgan fingerprint density at radius 3 is 2.59 bits per heavy atom. The summed E-state index contributed by atoms with van der Waals surface area (Å²) in [6.07, 6.45) is 0. The fourth-order valence-electron chi connectivity index (χ4n) is 2.28. The molecule has 1 heterocycles. The van der Waals surface area contributed by atoms with E-state index in [9.17, 15) is 4.79 Å². The highest BCUT2D eigenvalue weighted by molar-refractivity contribution is 5.97. The minimum Gasteiger partial charge on any atom is -0.493 e. The van der Waals surface area contributed by atoms with Crippen LogP contribution in [-0.4, -0.2) is 18.0 Å². The number of benzene rings is 2. The molecule has 112 valence electrons. The number of H-pyrrole nitrogens is 1. The average molecular weight is 296 g/mol. The number of rotatable bonds is 5. The number of carbonyl (C=O) groups excluding carboxylic acids is 1. The predicted molar refractivity (Wildman–Crippen MR) is 84.1 cm³/mol. The quantitative estimate of drug-likeness (QED) is 0.760. The predicted octanol–water partition coefficient (Wildman–Crippen LogP) is 2.85. The van der Waals surface area contributed by atoms with Crippen LogP contribution in [0, 0.1) is 0 Å². The van der Waals surface area contributed by atoms with Crippen LogP contribution in [0.25, 0.3) is 10.9 Å². The maximum absolute atomic E-state index is 11.2.